The van der Waals surface area contributed by atoms with Gasteiger partial charge in [-0.2, -0.15) is 0 Å². The lowest BCUT2D eigenvalue weighted by molar-refractivity contribution is -0.136. The summed E-state index contributed by atoms with van der Waals surface area (Å²) in [6, 6.07) is -0.352. The number of nitrogens with one attached hydrogen (secondary N) is 2. The number of amides is 4. The normalized spacial score (nSPS) is 39.2. The Hall–Kier alpha value is -1.59. The third-order valence-corrected chi connectivity index (χ3v) is 8.25. The van der Waals surface area contributed by atoms with Gasteiger partial charge in [-0.3, -0.25) is 14.5 Å². The van der Waals surface area contributed by atoms with Gasteiger partial charge in [0.25, 0.3) is 5.91 Å². The molecule has 6 heteroatoms. The van der Waals surface area contributed by atoms with Crippen LogP contribution < -0.4 is 10.6 Å². The molecule has 29 heavy (non-hydrogen) atoms. The largest absolute Gasteiger partial charge is 0.352 e. The van der Waals surface area contributed by atoms with E-state index in [9.17, 15) is 14.4 Å². The minimum atomic E-state index is -0.896. The first-order valence-corrected chi connectivity index (χ1v) is 11.5. The third kappa shape index (κ3) is 3.79. The van der Waals surface area contributed by atoms with Gasteiger partial charge in [0.1, 0.15) is 12.1 Å². The number of nitrogens with zero attached hydrogens (tertiary/aromatic N) is 1. The molecule has 1 heterocycles. The molecule has 4 amide bonds. The lowest BCUT2D eigenvalue weighted by Gasteiger charge is -2.59. The van der Waals surface area contributed by atoms with Crippen LogP contribution in [0.1, 0.15) is 79.1 Å². The van der Waals surface area contributed by atoms with Crippen LogP contribution in [0, 0.1) is 29.1 Å². The summed E-state index contributed by atoms with van der Waals surface area (Å²) in [6.07, 6.45) is 9.22. The minimum Gasteiger partial charge on any atom is -0.352 e. The molecule has 2 unspecified atom stereocenters. The topological polar surface area (TPSA) is 78.5 Å². The van der Waals surface area contributed by atoms with Gasteiger partial charge in [-0.1, -0.05) is 13.8 Å². The molecule has 2 atom stereocenters. The highest BCUT2D eigenvalue weighted by atomic mass is 16.2. The quantitative estimate of drug-likeness (QED) is 0.639. The third-order valence-electron chi connectivity index (χ3n) is 8.25. The molecule has 0 spiro atoms. The summed E-state index contributed by atoms with van der Waals surface area (Å²) in [5.41, 5.74) is -0.680. The van der Waals surface area contributed by atoms with Crippen molar-refractivity contribution in [1.82, 2.24) is 15.5 Å². The second-order valence-electron chi connectivity index (χ2n) is 11.2. The second kappa shape index (κ2) is 7.28. The summed E-state index contributed by atoms with van der Waals surface area (Å²) in [4.78, 5) is 39.1. The fourth-order valence-corrected chi connectivity index (χ4v) is 6.93. The Morgan fingerprint density at radius 3 is 2.17 bits per heavy atom. The summed E-state index contributed by atoms with van der Waals surface area (Å²) in [5.74, 6) is 2.44. The highest BCUT2D eigenvalue weighted by Gasteiger charge is 2.54. The maximum Gasteiger partial charge on any atom is 0.325 e. The van der Waals surface area contributed by atoms with E-state index in [1.807, 2.05) is 0 Å². The Labute approximate surface area is 174 Å². The van der Waals surface area contributed by atoms with E-state index in [1.54, 1.807) is 6.92 Å². The fourth-order valence-electron chi connectivity index (χ4n) is 6.93. The number of rotatable bonds is 7. The maximum atomic E-state index is 12.9. The molecule has 5 fully saturated rings. The number of hydrogen-bond acceptors (Lipinski definition) is 3. The number of hydrogen-bond donors (Lipinski definition) is 2. The number of imide groups is 1. The van der Waals surface area contributed by atoms with Crippen LogP contribution in [-0.4, -0.2) is 40.9 Å². The van der Waals surface area contributed by atoms with Crippen LogP contribution in [0.3, 0.4) is 0 Å². The van der Waals surface area contributed by atoms with Crippen molar-refractivity contribution in [2.45, 2.75) is 90.6 Å². The molecule has 4 saturated carbocycles. The van der Waals surface area contributed by atoms with Gasteiger partial charge < -0.3 is 10.6 Å². The Bertz CT molecular complexity index is 668. The van der Waals surface area contributed by atoms with Crippen LogP contribution in [0.4, 0.5) is 4.79 Å². The first-order chi connectivity index (χ1) is 13.6. The van der Waals surface area contributed by atoms with Gasteiger partial charge in [-0.15, -0.1) is 0 Å². The molecule has 0 aromatic rings. The minimum absolute atomic E-state index is 0.0940. The number of urea groups is 1. The molecule has 5 aliphatic rings. The van der Waals surface area contributed by atoms with Crippen LogP contribution in [0.2, 0.25) is 0 Å². The molecule has 5 rings (SSSR count). The predicted molar refractivity (Wildman–Crippen MR) is 111 cm³/mol. The molecule has 0 radical (unpaired) electrons. The summed E-state index contributed by atoms with van der Waals surface area (Å²) < 4.78 is 0. The van der Waals surface area contributed by atoms with E-state index in [2.05, 4.69) is 31.4 Å². The van der Waals surface area contributed by atoms with Crippen LogP contribution in [0.15, 0.2) is 0 Å². The molecule has 4 aliphatic carbocycles. The Balaban J connectivity index is 1.36. The van der Waals surface area contributed by atoms with E-state index in [4.69, 9.17) is 0 Å². The van der Waals surface area contributed by atoms with Gasteiger partial charge in [0.05, 0.1) is 0 Å². The first kappa shape index (κ1) is 20.7. The smallest absolute Gasteiger partial charge is 0.325 e. The molecule has 0 aromatic heterocycles. The zero-order valence-corrected chi connectivity index (χ0v) is 18.4. The second-order valence-corrected chi connectivity index (χ2v) is 11.2. The van der Waals surface area contributed by atoms with Crippen LogP contribution >= 0.6 is 0 Å². The first-order valence-electron chi connectivity index (χ1n) is 11.5. The summed E-state index contributed by atoms with van der Waals surface area (Å²) >= 11 is 0. The summed E-state index contributed by atoms with van der Waals surface area (Å²) in [5, 5.41) is 5.98. The Morgan fingerprint density at radius 1 is 1.10 bits per heavy atom. The average molecular weight is 404 g/mol. The van der Waals surface area contributed by atoms with Gasteiger partial charge >= 0.3 is 6.03 Å². The summed E-state index contributed by atoms with van der Waals surface area (Å²) in [7, 11) is 0. The fraction of sp³-hybridized carbons (Fsp3) is 0.870. The molecular formula is C23H37N3O3. The molecule has 0 aromatic carbocycles. The van der Waals surface area contributed by atoms with Gasteiger partial charge in [0.15, 0.2) is 0 Å². The van der Waals surface area contributed by atoms with Crippen molar-refractivity contribution in [3.63, 3.8) is 0 Å². The van der Waals surface area contributed by atoms with Gasteiger partial charge in [0.2, 0.25) is 5.91 Å². The lowest BCUT2D eigenvalue weighted by Crippen LogP contribution is -2.57. The molecule has 6 nitrogen and oxygen atoms in total. The highest BCUT2D eigenvalue weighted by molar-refractivity contribution is 6.08. The molecule has 1 saturated heterocycles. The van der Waals surface area contributed by atoms with Crippen molar-refractivity contribution in [2.24, 2.45) is 29.1 Å². The van der Waals surface area contributed by atoms with E-state index in [-0.39, 0.29) is 29.8 Å². The highest BCUT2D eigenvalue weighted by Crippen LogP contribution is 2.61. The van der Waals surface area contributed by atoms with Gasteiger partial charge in [-0.05, 0) is 94.3 Å². The van der Waals surface area contributed by atoms with Crippen LogP contribution in [-0.2, 0) is 9.59 Å². The molecule has 4 bridgehead atoms. The average Bonchev–Trinajstić information content (AvgIpc) is 2.82. The van der Waals surface area contributed by atoms with Gasteiger partial charge in [0, 0.05) is 6.04 Å². The van der Waals surface area contributed by atoms with E-state index in [0.717, 1.165) is 29.1 Å². The number of carbonyl (C=O) groups excluding carboxylic acids is 3. The van der Waals surface area contributed by atoms with Crippen LogP contribution in [0.25, 0.3) is 0 Å². The zero-order chi connectivity index (χ0) is 21.0. The van der Waals surface area contributed by atoms with E-state index in [0.29, 0.717) is 12.3 Å². The molecule has 162 valence electrons. The van der Waals surface area contributed by atoms with Crippen molar-refractivity contribution in [2.75, 3.05) is 6.54 Å². The van der Waals surface area contributed by atoms with E-state index < -0.39 is 11.6 Å². The predicted octanol–water partition coefficient (Wildman–Crippen LogP) is 3.45. The Morgan fingerprint density at radius 2 is 1.66 bits per heavy atom. The zero-order valence-electron chi connectivity index (χ0n) is 18.4. The van der Waals surface area contributed by atoms with Crippen molar-refractivity contribution in [3.8, 4) is 0 Å². The standard InChI is InChI=1S/C23H37N3O3/c1-14(2)5-6-22(4)20(28)26(21(29)25-22)13-19(27)24-15(3)23-10-16-7-17(11-23)9-18(8-16)12-23/h14-18H,5-13H2,1-4H3,(H,24,27)(H,25,29). The molecule has 2 N–H and O–H groups in total. The number of carbonyl (C=O) groups is 3. The summed E-state index contributed by atoms with van der Waals surface area (Å²) in [6.45, 7) is 7.91. The van der Waals surface area contributed by atoms with Crippen molar-refractivity contribution >= 4 is 17.8 Å². The Kier molecular flexibility index (Phi) is 5.19. The van der Waals surface area contributed by atoms with E-state index in [1.165, 1.54) is 38.5 Å². The van der Waals surface area contributed by atoms with Gasteiger partial charge in [-0.25, -0.2) is 4.79 Å². The van der Waals surface area contributed by atoms with E-state index >= 15 is 0 Å². The molecule has 1 aliphatic heterocycles. The van der Waals surface area contributed by atoms with Crippen molar-refractivity contribution < 1.29 is 14.4 Å². The van der Waals surface area contributed by atoms with Crippen molar-refractivity contribution in [1.29, 1.82) is 0 Å². The monoisotopic (exact) mass is 403 g/mol. The molecular weight excluding hydrogens is 366 g/mol. The lowest BCUT2D eigenvalue weighted by atomic mass is 9.48. The van der Waals surface area contributed by atoms with Crippen LogP contribution in [0.5, 0.6) is 0 Å². The van der Waals surface area contributed by atoms with Crippen molar-refractivity contribution in [3.05, 3.63) is 0 Å². The maximum absolute atomic E-state index is 12.9. The SMILES string of the molecule is CC(C)CCC1(C)NC(=O)N(CC(=O)NC(C)C23CC4CC(CC(C4)C2)C3)C1=O.